The molecule has 0 bridgehead atoms. The molecule has 0 amide bonds. The van der Waals surface area contributed by atoms with Crippen molar-refractivity contribution in [1.82, 2.24) is 15.1 Å². The van der Waals surface area contributed by atoms with Crippen LogP contribution in [0.15, 0.2) is 23.8 Å². The predicted molar refractivity (Wildman–Crippen MR) is 80.5 cm³/mol. The van der Waals surface area contributed by atoms with E-state index in [0.717, 1.165) is 13.1 Å². The van der Waals surface area contributed by atoms with Crippen molar-refractivity contribution in [2.75, 3.05) is 6.54 Å². The van der Waals surface area contributed by atoms with Crippen molar-refractivity contribution in [3.63, 3.8) is 0 Å². The molecule has 0 aliphatic heterocycles. The first-order valence-corrected chi connectivity index (χ1v) is 7.70. The molecule has 1 atom stereocenters. The number of thiophene rings is 1. The zero-order valence-electron chi connectivity index (χ0n) is 9.98. The van der Waals surface area contributed by atoms with Crippen LogP contribution >= 0.6 is 33.9 Å². The van der Waals surface area contributed by atoms with E-state index in [1.807, 2.05) is 10.9 Å². The van der Waals surface area contributed by atoms with Gasteiger partial charge in [-0.25, -0.2) is 0 Å². The van der Waals surface area contributed by atoms with Gasteiger partial charge >= 0.3 is 0 Å². The first kappa shape index (κ1) is 13.0. The van der Waals surface area contributed by atoms with E-state index in [-0.39, 0.29) is 6.04 Å². The molecule has 2 heterocycles. The molecule has 0 aliphatic rings. The van der Waals surface area contributed by atoms with E-state index in [4.69, 9.17) is 0 Å². The number of hydrogen-bond donors (Lipinski definition) is 1. The Morgan fingerprint density at radius 2 is 2.29 bits per heavy atom. The lowest BCUT2D eigenvalue weighted by molar-refractivity contribution is 0.626. The standard InChI is InChI=1S/C12H16IN3S/c1-3-14-12(9-5-11(13)17-8-9)10-6-15-16(4-2)7-10/h5-8,12,14H,3-4H2,1-2H3. The smallest absolute Gasteiger partial charge is 0.0656 e. The van der Waals surface area contributed by atoms with Crippen molar-refractivity contribution in [2.24, 2.45) is 0 Å². The van der Waals surface area contributed by atoms with Crippen molar-refractivity contribution in [2.45, 2.75) is 26.4 Å². The average molecular weight is 361 g/mol. The Kier molecular flexibility index (Phi) is 4.58. The summed E-state index contributed by atoms with van der Waals surface area (Å²) >= 11 is 4.15. The van der Waals surface area contributed by atoms with Crippen molar-refractivity contribution < 1.29 is 0 Å². The van der Waals surface area contributed by atoms with Gasteiger partial charge in [-0.1, -0.05) is 6.92 Å². The van der Waals surface area contributed by atoms with Crippen LogP contribution in [0.2, 0.25) is 0 Å². The molecule has 17 heavy (non-hydrogen) atoms. The number of aromatic nitrogens is 2. The molecule has 2 aromatic heterocycles. The molecule has 2 aromatic rings. The van der Waals surface area contributed by atoms with E-state index in [1.54, 1.807) is 11.3 Å². The van der Waals surface area contributed by atoms with Gasteiger partial charge in [0.15, 0.2) is 0 Å². The van der Waals surface area contributed by atoms with E-state index in [0.29, 0.717) is 0 Å². The second-order valence-corrected chi connectivity index (χ2v) is 6.61. The number of hydrogen-bond acceptors (Lipinski definition) is 3. The highest BCUT2D eigenvalue weighted by Gasteiger charge is 2.16. The van der Waals surface area contributed by atoms with Gasteiger partial charge in [-0.3, -0.25) is 4.68 Å². The largest absolute Gasteiger partial charge is 0.306 e. The summed E-state index contributed by atoms with van der Waals surface area (Å²) in [7, 11) is 0. The van der Waals surface area contributed by atoms with Crippen LogP contribution in [0, 0.1) is 2.88 Å². The van der Waals surface area contributed by atoms with E-state index >= 15 is 0 Å². The van der Waals surface area contributed by atoms with Gasteiger partial charge in [0.2, 0.25) is 0 Å². The molecule has 0 radical (unpaired) electrons. The summed E-state index contributed by atoms with van der Waals surface area (Å²) < 4.78 is 3.29. The molecule has 92 valence electrons. The highest BCUT2D eigenvalue weighted by Crippen LogP contribution is 2.27. The minimum absolute atomic E-state index is 0.264. The predicted octanol–water partition coefficient (Wildman–Crippen LogP) is 3.27. The quantitative estimate of drug-likeness (QED) is 0.829. The monoisotopic (exact) mass is 361 g/mol. The Morgan fingerprint density at radius 3 is 2.82 bits per heavy atom. The van der Waals surface area contributed by atoms with E-state index < -0.39 is 0 Å². The molecule has 0 aliphatic carbocycles. The van der Waals surface area contributed by atoms with Crippen molar-refractivity contribution in [3.8, 4) is 0 Å². The Balaban J connectivity index is 2.28. The molecule has 2 rings (SSSR count). The Morgan fingerprint density at radius 1 is 1.47 bits per heavy atom. The topological polar surface area (TPSA) is 29.9 Å². The number of aryl methyl sites for hydroxylation is 1. The van der Waals surface area contributed by atoms with E-state index in [2.05, 4.69) is 64.5 Å². The molecule has 0 saturated carbocycles. The molecule has 0 fully saturated rings. The molecule has 0 aromatic carbocycles. The third-order valence-electron chi connectivity index (χ3n) is 2.64. The summed E-state index contributed by atoms with van der Waals surface area (Å²) in [6.07, 6.45) is 4.08. The third-order valence-corrected chi connectivity index (χ3v) is 4.45. The fourth-order valence-electron chi connectivity index (χ4n) is 1.81. The van der Waals surface area contributed by atoms with Crippen LogP contribution in [-0.2, 0) is 6.54 Å². The van der Waals surface area contributed by atoms with E-state index in [1.165, 1.54) is 14.0 Å². The minimum atomic E-state index is 0.264. The van der Waals surface area contributed by atoms with Crippen molar-refractivity contribution >= 4 is 33.9 Å². The number of halogens is 1. The second-order valence-electron chi connectivity index (χ2n) is 3.80. The number of nitrogens with zero attached hydrogens (tertiary/aromatic N) is 2. The lowest BCUT2D eigenvalue weighted by Crippen LogP contribution is -2.21. The van der Waals surface area contributed by atoms with Crippen LogP contribution in [0.25, 0.3) is 0 Å². The van der Waals surface area contributed by atoms with Crippen LogP contribution in [0.1, 0.15) is 31.0 Å². The fraction of sp³-hybridized carbons (Fsp3) is 0.417. The summed E-state index contributed by atoms with van der Waals surface area (Å²) in [5, 5.41) is 10.1. The lowest BCUT2D eigenvalue weighted by Gasteiger charge is -2.14. The van der Waals surface area contributed by atoms with Gasteiger partial charge in [-0.15, -0.1) is 11.3 Å². The minimum Gasteiger partial charge on any atom is -0.306 e. The first-order valence-electron chi connectivity index (χ1n) is 5.74. The maximum absolute atomic E-state index is 4.35. The third kappa shape index (κ3) is 3.08. The number of rotatable bonds is 5. The van der Waals surface area contributed by atoms with E-state index in [9.17, 15) is 0 Å². The lowest BCUT2D eigenvalue weighted by atomic mass is 10.1. The molecule has 1 unspecified atom stereocenters. The number of nitrogens with one attached hydrogen (secondary N) is 1. The van der Waals surface area contributed by atoms with Crippen LogP contribution in [0.3, 0.4) is 0 Å². The van der Waals surface area contributed by atoms with Crippen LogP contribution in [0.5, 0.6) is 0 Å². The zero-order chi connectivity index (χ0) is 12.3. The molecule has 0 spiro atoms. The average Bonchev–Trinajstić information content (AvgIpc) is 2.94. The van der Waals surface area contributed by atoms with Gasteiger partial charge in [0.1, 0.15) is 0 Å². The second kappa shape index (κ2) is 5.97. The summed E-state index contributed by atoms with van der Waals surface area (Å²) in [6.45, 7) is 6.11. The fourth-order valence-corrected chi connectivity index (χ4v) is 3.21. The maximum Gasteiger partial charge on any atom is 0.0656 e. The zero-order valence-corrected chi connectivity index (χ0v) is 13.0. The van der Waals surface area contributed by atoms with Gasteiger partial charge < -0.3 is 5.32 Å². The summed E-state index contributed by atoms with van der Waals surface area (Å²) in [4.78, 5) is 0. The molecule has 5 heteroatoms. The summed E-state index contributed by atoms with van der Waals surface area (Å²) in [5.74, 6) is 0. The normalized spacial score (nSPS) is 12.9. The molecule has 0 saturated heterocycles. The first-order chi connectivity index (χ1) is 8.24. The molecular formula is C12H16IN3S. The SMILES string of the molecule is CCNC(c1csc(I)c1)c1cnn(CC)c1. The van der Waals surface area contributed by atoms with Gasteiger partial charge in [0.25, 0.3) is 0 Å². The van der Waals surface area contributed by atoms with Crippen LogP contribution in [-0.4, -0.2) is 16.3 Å². The summed E-state index contributed by atoms with van der Waals surface area (Å²) in [5.41, 5.74) is 2.57. The van der Waals surface area contributed by atoms with Crippen molar-refractivity contribution in [3.05, 3.63) is 37.9 Å². The molecule has 1 N–H and O–H groups in total. The maximum atomic E-state index is 4.35. The molecule has 3 nitrogen and oxygen atoms in total. The van der Waals surface area contributed by atoms with Gasteiger partial charge in [0, 0.05) is 18.3 Å². The van der Waals surface area contributed by atoms with Gasteiger partial charge in [0.05, 0.1) is 15.1 Å². The Hall–Kier alpha value is -0.400. The highest BCUT2D eigenvalue weighted by atomic mass is 127. The van der Waals surface area contributed by atoms with Crippen LogP contribution < -0.4 is 5.32 Å². The van der Waals surface area contributed by atoms with Crippen molar-refractivity contribution in [1.29, 1.82) is 0 Å². The van der Waals surface area contributed by atoms with Crippen LogP contribution in [0.4, 0.5) is 0 Å². The summed E-state index contributed by atoms with van der Waals surface area (Å²) in [6, 6.07) is 2.50. The Labute approximate surface area is 119 Å². The Bertz CT molecular complexity index is 478. The van der Waals surface area contributed by atoms with Gasteiger partial charge in [-0.05, 0) is 53.1 Å². The van der Waals surface area contributed by atoms with Gasteiger partial charge in [-0.2, -0.15) is 5.10 Å². The highest BCUT2D eigenvalue weighted by molar-refractivity contribution is 14.1. The molecular weight excluding hydrogens is 345 g/mol.